The smallest absolute Gasteiger partial charge is 0.308 e. The Balaban J connectivity index is 2.11. The van der Waals surface area contributed by atoms with Crippen LogP contribution in [0.2, 0.25) is 0 Å². The number of likely N-dealkylation sites (tertiary alicyclic amines) is 1. The molecular weight excluding hydrogens is 263 g/mol. The molecule has 1 aromatic carbocycles. The summed E-state index contributed by atoms with van der Waals surface area (Å²) < 4.78 is 12.9. The fraction of sp³-hybridized carbons (Fsp3) is 0.429. The minimum atomic E-state index is -0.874. The standard InChI is InChI=1S/C14H17FN2O3/c15-10-3-1-9(2-4-10)11-7-17(6-5-13(16)18)8-12(11)14(19)20/h1-4,11-12H,5-8H2,(H2,16,18)(H,19,20)/t11-,12+/m1/s1. The minimum Gasteiger partial charge on any atom is -0.481 e. The fourth-order valence-electron chi connectivity index (χ4n) is 2.63. The number of carboxylic acids is 1. The van der Waals surface area contributed by atoms with Crippen LogP contribution < -0.4 is 5.73 Å². The molecule has 1 aliphatic heterocycles. The predicted molar refractivity (Wildman–Crippen MR) is 70.5 cm³/mol. The summed E-state index contributed by atoms with van der Waals surface area (Å²) >= 11 is 0. The van der Waals surface area contributed by atoms with Crippen LogP contribution in [0.5, 0.6) is 0 Å². The molecule has 0 saturated carbocycles. The SMILES string of the molecule is NC(=O)CCN1C[C@H](C(=O)O)[C@@H](c2ccc(F)cc2)C1. The zero-order valence-electron chi connectivity index (χ0n) is 11.0. The Morgan fingerprint density at radius 2 is 1.95 bits per heavy atom. The average molecular weight is 280 g/mol. The van der Waals surface area contributed by atoms with Crippen molar-refractivity contribution in [3.8, 4) is 0 Å². The summed E-state index contributed by atoms with van der Waals surface area (Å²) in [4.78, 5) is 24.1. The highest BCUT2D eigenvalue weighted by Crippen LogP contribution is 2.33. The Kier molecular flexibility index (Phi) is 4.34. The van der Waals surface area contributed by atoms with E-state index in [2.05, 4.69) is 0 Å². The Morgan fingerprint density at radius 1 is 1.30 bits per heavy atom. The molecule has 0 spiro atoms. The molecule has 2 rings (SSSR count). The van der Waals surface area contributed by atoms with E-state index in [0.717, 1.165) is 5.56 Å². The number of carbonyl (C=O) groups excluding carboxylic acids is 1. The molecule has 20 heavy (non-hydrogen) atoms. The maximum absolute atomic E-state index is 12.9. The molecule has 5 nitrogen and oxygen atoms in total. The number of amides is 1. The van der Waals surface area contributed by atoms with Gasteiger partial charge < -0.3 is 15.7 Å². The van der Waals surface area contributed by atoms with Gasteiger partial charge in [0.25, 0.3) is 0 Å². The Hall–Kier alpha value is -1.95. The summed E-state index contributed by atoms with van der Waals surface area (Å²) in [5.41, 5.74) is 5.91. The molecule has 1 aliphatic rings. The largest absolute Gasteiger partial charge is 0.481 e. The Morgan fingerprint density at radius 3 is 2.50 bits per heavy atom. The van der Waals surface area contributed by atoms with Crippen molar-refractivity contribution < 1.29 is 19.1 Å². The van der Waals surface area contributed by atoms with Crippen LogP contribution in [0.3, 0.4) is 0 Å². The first-order chi connectivity index (χ1) is 9.47. The summed E-state index contributed by atoms with van der Waals surface area (Å²) in [5, 5.41) is 9.30. The molecule has 0 bridgehead atoms. The lowest BCUT2D eigenvalue weighted by Gasteiger charge is -2.15. The van der Waals surface area contributed by atoms with E-state index in [9.17, 15) is 19.1 Å². The van der Waals surface area contributed by atoms with E-state index in [4.69, 9.17) is 5.73 Å². The average Bonchev–Trinajstić information content (AvgIpc) is 2.81. The van der Waals surface area contributed by atoms with Crippen molar-refractivity contribution in [1.82, 2.24) is 4.90 Å². The highest BCUT2D eigenvalue weighted by molar-refractivity contribution is 5.74. The monoisotopic (exact) mass is 280 g/mol. The highest BCUT2D eigenvalue weighted by Gasteiger charge is 2.38. The lowest BCUT2D eigenvalue weighted by molar-refractivity contribution is -0.141. The van der Waals surface area contributed by atoms with Crippen LogP contribution in [0.1, 0.15) is 17.9 Å². The van der Waals surface area contributed by atoms with Gasteiger partial charge in [-0.05, 0) is 17.7 Å². The van der Waals surface area contributed by atoms with E-state index in [-0.39, 0.29) is 18.2 Å². The number of nitrogens with two attached hydrogens (primary N) is 1. The fourth-order valence-corrected chi connectivity index (χ4v) is 2.63. The number of rotatable bonds is 5. The first-order valence-electron chi connectivity index (χ1n) is 6.46. The van der Waals surface area contributed by atoms with Crippen molar-refractivity contribution in [2.75, 3.05) is 19.6 Å². The van der Waals surface area contributed by atoms with Gasteiger partial charge in [-0.15, -0.1) is 0 Å². The normalized spacial score (nSPS) is 22.9. The van der Waals surface area contributed by atoms with Crippen LogP contribution in [0.4, 0.5) is 4.39 Å². The van der Waals surface area contributed by atoms with E-state index in [1.54, 1.807) is 12.1 Å². The molecule has 1 amide bonds. The molecule has 2 atom stereocenters. The second-order valence-electron chi connectivity index (χ2n) is 5.08. The van der Waals surface area contributed by atoms with Crippen molar-refractivity contribution in [3.05, 3.63) is 35.6 Å². The van der Waals surface area contributed by atoms with Crippen molar-refractivity contribution in [2.45, 2.75) is 12.3 Å². The van der Waals surface area contributed by atoms with Crippen LogP contribution in [0.15, 0.2) is 24.3 Å². The van der Waals surface area contributed by atoms with Gasteiger partial charge in [0.1, 0.15) is 5.82 Å². The van der Waals surface area contributed by atoms with Crippen LogP contribution in [0, 0.1) is 11.7 Å². The van der Waals surface area contributed by atoms with Gasteiger partial charge in [0.15, 0.2) is 0 Å². The number of nitrogens with zero attached hydrogens (tertiary/aromatic N) is 1. The molecule has 0 aliphatic carbocycles. The number of carbonyl (C=O) groups is 2. The van der Waals surface area contributed by atoms with Crippen molar-refractivity contribution >= 4 is 11.9 Å². The lowest BCUT2D eigenvalue weighted by Crippen LogP contribution is -2.27. The molecule has 0 unspecified atom stereocenters. The zero-order valence-corrected chi connectivity index (χ0v) is 11.0. The van der Waals surface area contributed by atoms with Crippen molar-refractivity contribution in [2.24, 2.45) is 11.7 Å². The maximum atomic E-state index is 12.9. The van der Waals surface area contributed by atoms with Crippen molar-refractivity contribution in [3.63, 3.8) is 0 Å². The number of hydrogen-bond acceptors (Lipinski definition) is 3. The molecule has 0 radical (unpaired) electrons. The van der Waals surface area contributed by atoms with Gasteiger partial charge in [-0.2, -0.15) is 0 Å². The third kappa shape index (κ3) is 3.33. The van der Waals surface area contributed by atoms with Gasteiger partial charge in [0.05, 0.1) is 5.92 Å². The predicted octanol–water partition coefficient (Wildman–Crippen LogP) is 0.801. The van der Waals surface area contributed by atoms with Crippen LogP contribution in [0.25, 0.3) is 0 Å². The zero-order chi connectivity index (χ0) is 14.7. The van der Waals surface area contributed by atoms with Gasteiger partial charge in [-0.25, -0.2) is 4.39 Å². The molecule has 1 aromatic rings. The van der Waals surface area contributed by atoms with Gasteiger partial charge in [0, 0.05) is 32.0 Å². The second-order valence-corrected chi connectivity index (χ2v) is 5.08. The van der Waals surface area contributed by atoms with Gasteiger partial charge in [0.2, 0.25) is 5.91 Å². The highest BCUT2D eigenvalue weighted by atomic mass is 19.1. The number of hydrogen-bond donors (Lipinski definition) is 2. The third-order valence-electron chi connectivity index (χ3n) is 3.69. The quantitative estimate of drug-likeness (QED) is 0.835. The first-order valence-corrected chi connectivity index (χ1v) is 6.46. The number of primary amides is 1. The van der Waals surface area contributed by atoms with Gasteiger partial charge in [-0.1, -0.05) is 12.1 Å². The van der Waals surface area contributed by atoms with Crippen LogP contribution in [-0.2, 0) is 9.59 Å². The van der Waals surface area contributed by atoms with Gasteiger partial charge in [-0.3, -0.25) is 9.59 Å². The maximum Gasteiger partial charge on any atom is 0.308 e. The lowest BCUT2D eigenvalue weighted by atomic mass is 9.89. The summed E-state index contributed by atoms with van der Waals surface area (Å²) in [6.07, 6.45) is 0.211. The summed E-state index contributed by atoms with van der Waals surface area (Å²) in [7, 11) is 0. The Bertz CT molecular complexity index is 504. The molecule has 0 aromatic heterocycles. The number of benzene rings is 1. The second kappa shape index (κ2) is 6.00. The van der Waals surface area contributed by atoms with E-state index in [1.807, 2.05) is 4.90 Å². The molecule has 1 saturated heterocycles. The van der Waals surface area contributed by atoms with Crippen LogP contribution >= 0.6 is 0 Å². The van der Waals surface area contributed by atoms with Crippen LogP contribution in [-0.4, -0.2) is 41.5 Å². The number of carboxylic acid groups (broad SMARTS) is 1. The Labute approximate surface area is 116 Å². The van der Waals surface area contributed by atoms with E-state index < -0.39 is 17.8 Å². The van der Waals surface area contributed by atoms with E-state index >= 15 is 0 Å². The molecule has 6 heteroatoms. The first kappa shape index (κ1) is 14.5. The van der Waals surface area contributed by atoms with E-state index in [1.165, 1.54) is 12.1 Å². The molecule has 1 fully saturated rings. The number of halogens is 1. The summed E-state index contributed by atoms with van der Waals surface area (Å²) in [6, 6.07) is 5.90. The number of aliphatic carboxylic acids is 1. The topological polar surface area (TPSA) is 83.6 Å². The molecular formula is C14H17FN2O3. The minimum absolute atomic E-state index is 0.194. The van der Waals surface area contributed by atoms with Gasteiger partial charge >= 0.3 is 5.97 Å². The van der Waals surface area contributed by atoms with Crippen molar-refractivity contribution in [1.29, 1.82) is 0 Å². The molecule has 3 N–H and O–H groups in total. The van der Waals surface area contributed by atoms with E-state index in [0.29, 0.717) is 19.6 Å². The molecule has 108 valence electrons. The third-order valence-corrected chi connectivity index (χ3v) is 3.69. The summed E-state index contributed by atoms with van der Waals surface area (Å²) in [6.45, 7) is 1.37. The summed E-state index contributed by atoms with van der Waals surface area (Å²) in [5.74, 6) is -2.36. The molecule has 1 heterocycles.